The third-order valence-electron chi connectivity index (χ3n) is 3.79. The molecule has 0 aliphatic carbocycles. The normalized spacial score (nSPS) is 13.2. The first kappa shape index (κ1) is 12.7. The van der Waals surface area contributed by atoms with Gasteiger partial charge in [-0.3, -0.25) is 5.41 Å². The number of rotatable bonds is 1. The Kier molecular flexibility index (Phi) is 3.18. The van der Waals surface area contributed by atoms with Crippen molar-refractivity contribution in [3.8, 4) is 0 Å². The zero-order chi connectivity index (χ0) is 14.1. The van der Waals surface area contributed by atoms with Crippen LogP contribution in [0.1, 0.15) is 16.7 Å². The Morgan fingerprint density at radius 2 is 1.95 bits per heavy atom. The first-order valence-corrected chi connectivity index (χ1v) is 6.93. The van der Waals surface area contributed by atoms with Crippen LogP contribution in [0.2, 0.25) is 0 Å². The van der Waals surface area contributed by atoms with Gasteiger partial charge in [-0.25, -0.2) is 0 Å². The van der Waals surface area contributed by atoms with Crippen LogP contribution in [-0.4, -0.2) is 12.5 Å². The number of benzene rings is 2. The van der Waals surface area contributed by atoms with Crippen molar-refractivity contribution < 1.29 is 0 Å². The average Bonchev–Trinajstić information content (AvgIpc) is 2.86. The smallest absolute Gasteiger partial charge is 0.200 e. The molecular weight excluding hydrogens is 246 g/mol. The number of fused-ring (bicyclic) bond motifs is 1. The summed E-state index contributed by atoms with van der Waals surface area (Å²) in [6.45, 7) is 5.02. The fraction of sp³-hybridized carbons (Fsp3) is 0.235. The van der Waals surface area contributed by atoms with Gasteiger partial charge in [0.1, 0.15) is 0 Å². The van der Waals surface area contributed by atoms with Crippen molar-refractivity contribution >= 4 is 17.3 Å². The number of nitrogens with one attached hydrogen (secondary N) is 2. The fourth-order valence-electron chi connectivity index (χ4n) is 2.72. The van der Waals surface area contributed by atoms with Gasteiger partial charge in [0.2, 0.25) is 0 Å². The molecule has 0 aromatic heterocycles. The lowest BCUT2D eigenvalue weighted by atomic mass is 10.1. The Hall–Kier alpha value is -2.29. The highest BCUT2D eigenvalue weighted by atomic mass is 15.3. The van der Waals surface area contributed by atoms with Crippen molar-refractivity contribution in [2.24, 2.45) is 0 Å². The summed E-state index contributed by atoms with van der Waals surface area (Å²) < 4.78 is 0. The summed E-state index contributed by atoms with van der Waals surface area (Å²) in [7, 11) is 0. The highest BCUT2D eigenvalue weighted by Crippen LogP contribution is 2.28. The minimum absolute atomic E-state index is 0.446. The van der Waals surface area contributed by atoms with Gasteiger partial charge in [0.05, 0.1) is 0 Å². The van der Waals surface area contributed by atoms with Crippen LogP contribution in [0.25, 0.3) is 0 Å². The predicted octanol–water partition coefficient (Wildman–Crippen LogP) is 3.71. The number of hydrogen-bond acceptors (Lipinski definition) is 1. The Balaban J connectivity index is 1.81. The standard InChI is InChI=1S/C17H19N3/c1-12-7-8-15(13(2)11-12)19-17(18)20-10-9-14-5-3-4-6-16(14)20/h3-8,11H,9-10H2,1-2H3,(H2,18,19). The van der Waals surface area contributed by atoms with E-state index >= 15 is 0 Å². The van der Waals surface area contributed by atoms with Gasteiger partial charge < -0.3 is 10.2 Å². The maximum atomic E-state index is 8.32. The summed E-state index contributed by atoms with van der Waals surface area (Å²) in [6, 6.07) is 14.6. The molecule has 0 radical (unpaired) electrons. The number of guanidine groups is 1. The van der Waals surface area contributed by atoms with E-state index in [9.17, 15) is 0 Å². The van der Waals surface area contributed by atoms with Crippen LogP contribution >= 0.6 is 0 Å². The number of nitrogens with zero attached hydrogens (tertiary/aromatic N) is 1. The lowest BCUT2D eigenvalue weighted by Crippen LogP contribution is -2.34. The van der Waals surface area contributed by atoms with Crippen LogP contribution in [0.4, 0.5) is 11.4 Å². The van der Waals surface area contributed by atoms with E-state index in [0.29, 0.717) is 5.96 Å². The van der Waals surface area contributed by atoms with Gasteiger partial charge in [-0.15, -0.1) is 0 Å². The van der Waals surface area contributed by atoms with Crippen molar-refractivity contribution in [3.63, 3.8) is 0 Å². The first-order chi connectivity index (χ1) is 9.65. The molecule has 3 heteroatoms. The van der Waals surface area contributed by atoms with E-state index < -0.39 is 0 Å². The van der Waals surface area contributed by atoms with Crippen molar-refractivity contribution in [2.45, 2.75) is 20.3 Å². The summed E-state index contributed by atoms with van der Waals surface area (Å²) in [5, 5.41) is 11.5. The molecule has 2 aromatic carbocycles. The molecule has 102 valence electrons. The molecule has 20 heavy (non-hydrogen) atoms. The van der Waals surface area contributed by atoms with E-state index in [-0.39, 0.29) is 0 Å². The van der Waals surface area contributed by atoms with Crippen LogP contribution in [0.5, 0.6) is 0 Å². The minimum atomic E-state index is 0.446. The van der Waals surface area contributed by atoms with Crippen LogP contribution < -0.4 is 10.2 Å². The van der Waals surface area contributed by atoms with Gasteiger partial charge in [0.25, 0.3) is 0 Å². The lowest BCUT2D eigenvalue weighted by Gasteiger charge is -2.22. The SMILES string of the molecule is Cc1ccc(NC(=N)N2CCc3ccccc32)c(C)c1. The summed E-state index contributed by atoms with van der Waals surface area (Å²) in [6.07, 6.45) is 1.01. The largest absolute Gasteiger partial charge is 0.326 e. The monoisotopic (exact) mass is 265 g/mol. The van der Waals surface area contributed by atoms with Gasteiger partial charge in [-0.1, -0.05) is 35.9 Å². The average molecular weight is 265 g/mol. The predicted molar refractivity (Wildman–Crippen MR) is 84.8 cm³/mol. The number of aryl methyl sites for hydroxylation is 2. The van der Waals surface area contributed by atoms with Crippen LogP contribution in [0.15, 0.2) is 42.5 Å². The molecular formula is C17H19N3. The highest BCUT2D eigenvalue weighted by molar-refractivity contribution is 6.05. The zero-order valence-corrected chi connectivity index (χ0v) is 11.9. The topological polar surface area (TPSA) is 39.1 Å². The maximum Gasteiger partial charge on any atom is 0.200 e. The Morgan fingerprint density at radius 1 is 1.15 bits per heavy atom. The molecule has 1 aliphatic heterocycles. The van der Waals surface area contributed by atoms with E-state index in [4.69, 9.17) is 5.41 Å². The van der Waals surface area contributed by atoms with E-state index in [1.807, 2.05) is 17.0 Å². The van der Waals surface area contributed by atoms with Gasteiger partial charge in [-0.05, 0) is 43.5 Å². The third kappa shape index (κ3) is 2.27. The molecule has 0 bridgehead atoms. The molecule has 2 aromatic rings. The first-order valence-electron chi connectivity index (χ1n) is 6.93. The molecule has 0 saturated heterocycles. The third-order valence-corrected chi connectivity index (χ3v) is 3.79. The highest BCUT2D eigenvalue weighted by Gasteiger charge is 2.21. The quantitative estimate of drug-likeness (QED) is 0.609. The molecule has 2 N–H and O–H groups in total. The molecule has 0 amide bonds. The van der Waals surface area contributed by atoms with E-state index in [1.165, 1.54) is 16.7 Å². The molecule has 1 heterocycles. The molecule has 0 fully saturated rings. The van der Waals surface area contributed by atoms with Crippen LogP contribution in [0.3, 0.4) is 0 Å². The second-order valence-electron chi connectivity index (χ2n) is 5.32. The Morgan fingerprint density at radius 3 is 2.75 bits per heavy atom. The van der Waals surface area contributed by atoms with Gasteiger partial charge >= 0.3 is 0 Å². The molecule has 3 rings (SSSR count). The summed E-state index contributed by atoms with van der Waals surface area (Å²) >= 11 is 0. The molecule has 1 aliphatic rings. The van der Waals surface area contributed by atoms with Crippen molar-refractivity contribution in [1.82, 2.24) is 0 Å². The van der Waals surface area contributed by atoms with E-state index in [1.54, 1.807) is 0 Å². The fourth-order valence-corrected chi connectivity index (χ4v) is 2.72. The van der Waals surface area contributed by atoms with Crippen molar-refractivity contribution in [1.29, 1.82) is 5.41 Å². The lowest BCUT2D eigenvalue weighted by molar-refractivity contribution is 1.01. The Bertz CT molecular complexity index is 661. The molecule has 0 saturated carbocycles. The number of para-hydroxylation sites is 1. The van der Waals surface area contributed by atoms with Crippen LogP contribution in [0, 0.1) is 19.3 Å². The number of anilines is 2. The maximum absolute atomic E-state index is 8.32. The summed E-state index contributed by atoms with van der Waals surface area (Å²) in [5.41, 5.74) is 5.88. The van der Waals surface area contributed by atoms with E-state index in [0.717, 1.165) is 24.3 Å². The second kappa shape index (κ2) is 5.00. The zero-order valence-electron chi connectivity index (χ0n) is 11.9. The van der Waals surface area contributed by atoms with E-state index in [2.05, 4.69) is 49.5 Å². The van der Waals surface area contributed by atoms with Crippen molar-refractivity contribution in [2.75, 3.05) is 16.8 Å². The Labute approximate surface area is 119 Å². The number of hydrogen-bond donors (Lipinski definition) is 2. The minimum Gasteiger partial charge on any atom is -0.326 e. The molecule has 0 unspecified atom stereocenters. The molecule has 0 atom stereocenters. The second-order valence-corrected chi connectivity index (χ2v) is 5.32. The van der Waals surface area contributed by atoms with Gasteiger partial charge in [0.15, 0.2) is 5.96 Å². The van der Waals surface area contributed by atoms with Crippen LogP contribution in [-0.2, 0) is 6.42 Å². The molecule has 0 spiro atoms. The van der Waals surface area contributed by atoms with Crippen molar-refractivity contribution in [3.05, 3.63) is 59.2 Å². The summed E-state index contributed by atoms with van der Waals surface area (Å²) in [5.74, 6) is 0.446. The summed E-state index contributed by atoms with van der Waals surface area (Å²) in [4.78, 5) is 2.04. The van der Waals surface area contributed by atoms with Gasteiger partial charge in [-0.2, -0.15) is 0 Å². The molecule has 3 nitrogen and oxygen atoms in total. The van der Waals surface area contributed by atoms with Gasteiger partial charge in [0, 0.05) is 17.9 Å².